The Hall–Kier alpha value is -1.42. The molecule has 0 radical (unpaired) electrons. The van der Waals surface area contributed by atoms with Crippen molar-refractivity contribution in [1.82, 2.24) is 5.32 Å². The van der Waals surface area contributed by atoms with Crippen LogP contribution < -0.4 is 5.32 Å². The average molecular weight is 223 g/mol. The summed E-state index contributed by atoms with van der Waals surface area (Å²) >= 11 is 0. The maximum Gasteiger partial charge on any atom is 0.143 e. The first-order valence-electron chi connectivity index (χ1n) is 5.33. The molecule has 1 fully saturated rings. The highest BCUT2D eigenvalue weighted by Crippen LogP contribution is 2.33. The standard InChI is InChI=1S/C12H11F2NO/c13-9-5-10(14)11(7-1-3-15-6-7)12-8(9)2-4-16-12/h2,4-5,7,15H,1,3,6H2. The van der Waals surface area contributed by atoms with Crippen molar-refractivity contribution >= 4 is 11.0 Å². The van der Waals surface area contributed by atoms with Gasteiger partial charge in [-0.15, -0.1) is 0 Å². The Kier molecular flexibility index (Phi) is 2.17. The van der Waals surface area contributed by atoms with Crippen LogP contribution >= 0.6 is 0 Å². The summed E-state index contributed by atoms with van der Waals surface area (Å²) in [7, 11) is 0. The van der Waals surface area contributed by atoms with Crippen LogP contribution in [-0.4, -0.2) is 13.1 Å². The third-order valence-electron chi connectivity index (χ3n) is 3.15. The zero-order valence-electron chi connectivity index (χ0n) is 8.59. The summed E-state index contributed by atoms with van der Waals surface area (Å²) in [5, 5.41) is 3.53. The van der Waals surface area contributed by atoms with Crippen LogP contribution in [0.5, 0.6) is 0 Å². The minimum atomic E-state index is -0.559. The summed E-state index contributed by atoms with van der Waals surface area (Å²) < 4.78 is 32.4. The van der Waals surface area contributed by atoms with Crippen molar-refractivity contribution in [2.45, 2.75) is 12.3 Å². The largest absolute Gasteiger partial charge is 0.464 e. The SMILES string of the molecule is Fc1cc(F)c2ccoc2c1C1CCNC1. The Morgan fingerprint density at radius 1 is 1.31 bits per heavy atom. The van der Waals surface area contributed by atoms with E-state index in [0.717, 1.165) is 25.6 Å². The van der Waals surface area contributed by atoms with E-state index < -0.39 is 11.6 Å². The van der Waals surface area contributed by atoms with E-state index >= 15 is 0 Å². The van der Waals surface area contributed by atoms with Crippen LogP contribution in [0, 0.1) is 11.6 Å². The zero-order valence-corrected chi connectivity index (χ0v) is 8.59. The van der Waals surface area contributed by atoms with Gasteiger partial charge in [-0.25, -0.2) is 8.78 Å². The van der Waals surface area contributed by atoms with E-state index in [1.165, 1.54) is 12.3 Å². The monoisotopic (exact) mass is 223 g/mol. The second-order valence-electron chi connectivity index (χ2n) is 4.11. The van der Waals surface area contributed by atoms with E-state index in [0.29, 0.717) is 16.5 Å². The minimum absolute atomic E-state index is 0.0780. The predicted octanol–water partition coefficient (Wildman–Crippen LogP) is 2.79. The second-order valence-corrected chi connectivity index (χ2v) is 4.11. The summed E-state index contributed by atoms with van der Waals surface area (Å²) in [6.07, 6.45) is 2.26. The van der Waals surface area contributed by atoms with Crippen molar-refractivity contribution in [1.29, 1.82) is 0 Å². The lowest BCUT2D eigenvalue weighted by molar-refractivity contribution is 0.548. The van der Waals surface area contributed by atoms with E-state index in [4.69, 9.17) is 4.42 Å². The number of fused-ring (bicyclic) bond motifs is 1. The molecule has 0 saturated carbocycles. The maximum absolute atomic E-state index is 13.8. The van der Waals surface area contributed by atoms with E-state index in [1.807, 2.05) is 0 Å². The van der Waals surface area contributed by atoms with Crippen molar-refractivity contribution in [2.24, 2.45) is 0 Å². The lowest BCUT2D eigenvalue weighted by atomic mass is 9.96. The summed E-state index contributed by atoms with van der Waals surface area (Å²) in [6, 6.07) is 2.49. The molecule has 2 nitrogen and oxygen atoms in total. The highest BCUT2D eigenvalue weighted by Gasteiger charge is 2.25. The Balaban J connectivity index is 2.25. The fourth-order valence-electron chi connectivity index (χ4n) is 2.36. The summed E-state index contributed by atoms with van der Waals surface area (Å²) in [5.74, 6) is -0.987. The van der Waals surface area contributed by atoms with Crippen molar-refractivity contribution in [2.75, 3.05) is 13.1 Å². The molecule has 16 heavy (non-hydrogen) atoms. The molecule has 1 N–H and O–H groups in total. The molecule has 1 aromatic heterocycles. The van der Waals surface area contributed by atoms with Crippen LogP contribution in [0.4, 0.5) is 8.78 Å². The van der Waals surface area contributed by atoms with Gasteiger partial charge in [0.25, 0.3) is 0 Å². The third kappa shape index (κ3) is 1.33. The molecule has 4 heteroatoms. The molecule has 1 saturated heterocycles. The Labute approximate surface area is 91.2 Å². The number of hydrogen-bond donors (Lipinski definition) is 1. The van der Waals surface area contributed by atoms with E-state index in [1.54, 1.807) is 0 Å². The summed E-state index contributed by atoms with van der Waals surface area (Å²) in [5.41, 5.74) is 0.859. The molecule has 0 spiro atoms. The van der Waals surface area contributed by atoms with Crippen LogP contribution in [0.2, 0.25) is 0 Å². The number of nitrogens with one attached hydrogen (secondary N) is 1. The zero-order chi connectivity index (χ0) is 11.1. The molecule has 84 valence electrons. The fourth-order valence-corrected chi connectivity index (χ4v) is 2.36. The molecule has 0 amide bonds. The molecular formula is C12H11F2NO. The summed E-state index contributed by atoms with van der Waals surface area (Å²) in [6.45, 7) is 1.59. The van der Waals surface area contributed by atoms with Crippen LogP contribution in [0.25, 0.3) is 11.0 Å². The van der Waals surface area contributed by atoms with E-state index in [-0.39, 0.29) is 5.92 Å². The van der Waals surface area contributed by atoms with Gasteiger partial charge in [-0.1, -0.05) is 0 Å². The van der Waals surface area contributed by atoms with Crippen molar-refractivity contribution in [3.63, 3.8) is 0 Å². The first-order chi connectivity index (χ1) is 7.77. The first kappa shape index (κ1) is 9.78. The molecule has 0 bridgehead atoms. The molecule has 1 aliphatic rings. The molecular weight excluding hydrogens is 212 g/mol. The molecule has 3 rings (SSSR count). The average Bonchev–Trinajstić information content (AvgIpc) is 2.86. The van der Waals surface area contributed by atoms with Crippen molar-refractivity contribution in [3.05, 3.63) is 35.6 Å². The Morgan fingerprint density at radius 3 is 2.94 bits per heavy atom. The highest BCUT2D eigenvalue weighted by molar-refractivity contribution is 5.81. The van der Waals surface area contributed by atoms with E-state index in [9.17, 15) is 8.78 Å². The number of furan rings is 1. The van der Waals surface area contributed by atoms with Gasteiger partial charge >= 0.3 is 0 Å². The predicted molar refractivity (Wildman–Crippen MR) is 56.4 cm³/mol. The van der Waals surface area contributed by atoms with Crippen LogP contribution in [0.1, 0.15) is 17.9 Å². The lowest BCUT2D eigenvalue weighted by Crippen LogP contribution is -2.09. The first-order valence-corrected chi connectivity index (χ1v) is 5.33. The van der Waals surface area contributed by atoms with Crippen LogP contribution in [0.3, 0.4) is 0 Å². The number of benzene rings is 1. The normalized spacial score (nSPS) is 20.8. The molecule has 2 heterocycles. The van der Waals surface area contributed by atoms with E-state index in [2.05, 4.69) is 5.32 Å². The second kappa shape index (κ2) is 3.56. The van der Waals surface area contributed by atoms with Gasteiger partial charge in [0.05, 0.1) is 11.6 Å². The topological polar surface area (TPSA) is 25.2 Å². The smallest absolute Gasteiger partial charge is 0.143 e. The maximum atomic E-state index is 13.8. The molecule has 0 aliphatic carbocycles. The van der Waals surface area contributed by atoms with Gasteiger partial charge in [0.15, 0.2) is 0 Å². The quantitative estimate of drug-likeness (QED) is 0.804. The Morgan fingerprint density at radius 2 is 2.19 bits per heavy atom. The summed E-state index contributed by atoms with van der Waals surface area (Å²) in [4.78, 5) is 0. The molecule has 1 aliphatic heterocycles. The molecule has 1 unspecified atom stereocenters. The number of hydrogen-bond acceptors (Lipinski definition) is 2. The molecule has 1 atom stereocenters. The van der Waals surface area contributed by atoms with Gasteiger partial charge in [-0.05, 0) is 19.0 Å². The van der Waals surface area contributed by atoms with Crippen molar-refractivity contribution in [3.8, 4) is 0 Å². The number of halogens is 2. The van der Waals surface area contributed by atoms with Gasteiger partial charge in [0.2, 0.25) is 0 Å². The molecule has 1 aromatic carbocycles. The van der Waals surface area contributed by atoms with Gasteiger partial charge in [-0.2, -0.15) is 0 Å². The number of rotatable bonds is 1. The molecule has 2 aromatic rings. The Bertz CT molecular complexity index is 529. The van der Waals surface area contributed by atoms with Gasteiger partial charge in [-0.3, -0.25) is 0 Å². The third-order valence-corrected chi connectivity index (χ3v) is 3.15. The lowest BCUT2D eigenvalue weighted by Gasteiger charge is -2.10. The van der Waals surface area contributed by atoms with Gasteiger partial charge in [0.1, 0.15) is 17.2 Å². The van der Waals surface area contributed by atoms with Crippen LogP contribution in [0.15, 0.2) is 22.8 Å². The van der Waals surface area contributed by atoms with Crippen LogP contribution in [-0.2, 0) is 0 Å². The fraction of sp³-hybridized carbons (Fsp3) is 0.333. The van der Waals surface area contributed by atoms with Gasteiger partial charge in [0, 0.05) is 24.1 Å². The van der Waals surface area contributed by atoms with Gasteiger partial charge < -0.3 is 9.73 Å². The van der Waals surface area contributed by atoms with Crippen molar-refractivity contribution < 1.29 is 13.2 Å². The minimum Gasteiger partial charge on any atom is -0.464 e. The highest BCUT2D eigenvalue weighted by atomic mass is 19.1.